The van der Waals surface area contributed by atoms with Gasteiger partial charge in [-0.25, -0.2) is 9.36 Å². The van der Waals surface area contributed by atoms with Crippen molar-refractivity contribution in [1.29, 1.82) is 0 Å². The van der Waals surface area contributed by atoms with E-state index in [0.717, 1.165) is 0 Å². The highest BCUT2D eigenvalue weighted by Crippen LogP contribution is 2.25. The Morgan fingerprint density at radius 3 is 2.58 bits per heavy atom. The molecule has 0 aliphatic carbocycles. The lowest BCUT2D eigenvalue weighted by Gasteiger charge is -2.08. The fraction of sp³-hybridized carbons (Fsp3) is 0.0909. The van der Waals surface area contributed by atoms with Crippen LogP contribution in [-0.4, -0.2) is 16.7 Å². The van der Waals surface area contributed by atoms with Crippen molar-refractivity contribution in [1.82, 2.24) is 9.55 Å². The molecule has 100 valence electrons. The van der Waals surface area contributed by atoms with E-state index in [-0.39, 0.29) is 10.7 Å². The van der Waals surface area contributed by atoms with E-state index in [1.54, 1.807) is 0 Å². The summed E-state index contributed by atoms with van der Waals surface area (Å²) in [5, 5.41) is -0.451. The SMILES string of the molecule is COc1ccc(-n2c(=O)[nH]c(Cl)c(F)c2=O)cc1Cl. The van der Waals surface area contributed by atoms with Crippen LogP contribution in [-0.2, 0) is 0 Å². The average Bonchev–Trinajstić information content (AvgIpc) is 2.36. The highest BCUT2D eigenvalue weighted by Gasteiger charge is 2.14. The first-order valence-corrected chi connectivity index (χ1v) is 5.75. The minimum atomic E-state index is -1.24. The van der Waals surface area contributed by atoms with E-state index in [1.807, 2.05) is 4.98 Å². The average molecular weight is 305 g/mol. The lowest BCUT2D eigenvalue weighted by molar-refractivity contribution is 0.415. The maximum atomic E-state index is 13.4. The summed E-state index contributed by atoms with van der Waals surface area (Å²) < 4.78 is 18.9. The van der Waals surface area contributed by atoms with Crippen LogP contribution < -0.4 is 16.0 Å². The molecule has 2 rings (SSSR count). The molecule has 5 nitrogen and oxygen atoms in total. The van der Waals surface area contributed by atoms with Gasteiger partial charge in [0.2, 0.25) is 5.82 Å². The number of hydrogen-bond donors (Lipinski definition) is 1. The van der Waals surface area contributed by atoms with Gasteiger partial charge in [-0.2, -0.15) is 4.39 Å². The summed E-state index contributed by atoms with van der Waals surface area (Å²) in [6.45, 7) is 0. The van der Waals surface area contributed by atoms with Crippen LogP contribution in [0.3, 0.4) is 0 Å². The van der Waals surface area contributed by atoms with Crippen LogP contribution in [0.4, 0.5) is 4.39 Å². The third kappa shape index (κ3) is 2.36. The topological polar surface area (TPSA) is 64.1 Å². The van der Waals surface area contributed by atoms with Crippen LogP contribution in [0.25, 0.3) is 5.69 Å². The molecule has 1 heterocycles. The summed E-state index contributed by atoms with van der Waals surface area (Å²) >= 11 is 11.3. The van der Waals surface area contributed by atoms with Crippen molar-refractivity contribution in [2.24, 2.45) is 0 Å². The van der Waals surface area contributed by atoms with E-state index in [1.165, 1.54) is 25.3 Å². The van der Waals surface area contributed by atoms with Gasteiger partial charge in [-0.1, -0.05) is 23.2 Å². The molecule has 0 aliphatic rings. The molecule has 0 aliphatic heterocycles. The third-order valence-electron chi connectivity index (χ3n) is 2.40. The molecule has 0 amide bonds. The van der Waals surface area contributed by atoms with Gasteiger partial charge in [0.1, 0.15) is 5.75 Å². The molecule has 19 heavy (non-hydrogen) atoms. The van der Waals surface area contributed by atoms with E-state index < -0.39 is 22.2 Å². The summed E-state index contributed by atoms with van der Waals surface area (Å²) in [6, 6.07) is 4.16. The van der Waals surface area contributed by atoms with Gasteiger partial charge in [0.25, 0.3) is 5.56 Å². The number of ether oxygens (including phenoxy) is 1. The zero-order valence-electron chi connectivity index (χ0n) is 9.54. The second kappa shape index (κ2) is 5.07. The first-order valence-electron chi connectivity index (χ1n) is 5.00. The number of nitrogens with one attached hydrogen (secondary N) is 1. The van der Waals surface area contributed by atoms with E-state index in [4.69, 9.17) is 27.9 Å². The Hall–Kier alpha value is -1.79. The number of aromatic amines is 1. The maximum absolute atomic E-state index is 13.4. The fourth-order valence-corrected chi connectivity index (χ4v) is 1.93. The van der Waals surface area contributed by atoms with E-state index >= 15 is 0 Å². The largest absolute Gasteiger partial charge is 0.495 e. The summed E-state index contributed by atoms with van der Waals surface area (Å²) in [6.07, 6.45) is 0. The molecule has 0 saturated heterocycles. The molecule has 0 saturated carbocycles. The Bertz CT molecular complexity index is 755. The molecule has 0 atom stereocenters. The van der Waals surface area contributed by atoms with Crippen LogP contribution in [0.1, 0.15) is 0 Å². The predicted molar refractivity (Wildman–Crippen MR) is 69.2 cm³/mol. The van der Waals surface area contributed by atoms with E-state index in [2.05, 4.69) is 0 Å². The monoisotopic (exact) mass is 304 g/mol. The number of benzene rings is 1. The first kappa shape index (κ1) is 13.6. The molecule has 1 aromatic heterocycles. The van der Waals surface area contributed by atoms with Gasteiger partial charge in [-0.3, -0.25) is 9.78 Å². The summed E-state index contributed by atoms with van der Waals surface area (Å²) in [7, 11) is 1.42. The Morgan fingerprint density at radius 2 is 2.00 bits per heavy atom. The molecule has 8 heteroatoms. The van der Waals surface area contributed by atoms with Crippen molar-refractivity contribution in [2.75, 3.05) is 7.11 Å². The normalized spacial score (nSPS) is 10.5. The van der Waals surface area contributed by atoms with Crippen molar-refractivity contribution in [3.8, 4) is 11.4 Å². The van der Waals surface area contributed by atoms with Gasteiger partial charge in [0.15, 0.2) is 5.15 Å². The van der Waals surface area contributed by atoms with Crippen molar-refractivity contribution >= 4 is 23.2 Å². The molecule has 0 radical (unpaired) electrons. The van der Waals surface area contributed by atoms with E-state index in [0.29, 0.717) is 10.3 Å². The lowest BCUT2D eigenvalue weighted by atomic mass is 10.3. The number of hydrogen-bond acceptors (Lipinski definition) is 3. The first-order chi connectivity index (χ1) is 8.95. The van der Waals surface area contributed by atoms with Gasteiger partial charge in [0, 0.05) is 0 Å². The molecule has 0 unspecified atom stereocenters. The van der Waals surface area contributed by atoms with Gasteiger partial charge in [0.05, 0.1) is 17.8 Å². The number of halogens is 3. The second-order valence-electron chi connectivity index (χ2n) is 3.52. The van der Waals surface area contributed by atoms with Gasteiger partial charge in [-0.05, 0) is 18.2 Å². The highest BCUT2D eigenvalue weighted by molar-refractivity contribution is 6.32. The maximum Gasteiger partial charge on any atom is 0.334 e. The Labute approximate surface area is 116 Å². The number of nitrogens with zero attached hydrogens (tertiary/aromatic N) is 1. The summed E-state index contributed by atoms with van der Waals surface area (Å²) in [5.41, 5.74) is -1.92. The molecule has 0 fully saturated rings. The molecule has 1 aromatic carbocycles. The Balaban J connectivity index is 2.73. The second-order valence-corrected chi connectivity index (χ2v) is 4.30. The number of H-pyrrole nitrogens is 1. The fourth-order valence-electron chi connectivity index (χ4n) is 1.52. The molecular formula is C11H7Cl2FN2O3. The van der Waals surface area contributed by atoms with E-state index in [9.17, 15) is 14.0 Å². The zero-order valence-corrected chi connectivity index (χ0v) is 11.0. The lowest BCUT2D eigenvalue weighted by Crippen LogP contribution is -2.35. The van der Waals surface area contributed by atoms with Crippen LogP contribution in [0.2, 0.25) is 10.2 Å². The van der Waals surface area contributed by atoms with Gasteiger partial charge >= 0.3 is 5.69 Å². The van der Waals surface area contributed by atoms with Gasteiger partial charge < -0.3 is 4.74 Å². The summed E-state index contributed by atoms with van der Waals surface area (Å²) in [5.74, 6) is -0.877. The van der Waals surface area contributed by atoms with Crippen LogP contribution >= 0.6 is 23.2 Å². The molecular weight excluding hydrogens is 298 g/mol. The number of methoxy groups -OCH3 is 1. The van der Waals surface area contributed by atoms with Crippen molar-refractivity contribution < 1.29 is 9.13 Å². The Morgan fingerprint density at radius 1 is 1.32 bits per heavy atom. The van der Waals surface area contributed by atoms with Crippen molar-refractivity contribution in [3.05, 3.63) is 55.0 Å². The zero-order chi connectivity index (χ0) is 14.2. The minimum Gasteiger partial charge on any atom is -0.495 e. The summed E-state index contributed by atoms with van der Waals surface area (Å²) in [4.78, 5) is 25.4. The van der Waals surface area contributed by atoms with Crippen LogP contribution in [0.5, 0.6) is 5.75 Å². The van der Waals surface area contributed by atoms with Crippen molar-refractivity contribution in [2.45, 2.75) is 0 Å². The number of rotatable bonds is 2. The van der Waals surface area contributed by atoms with Crippen LogP contribution in [0.15, 0.2) is 27.8 Å². The van der Waals surface area contributed by atoms with Crippen LogP contribution in [0, 0.1) is 5.82 Å². The third-order valence-corrected chi connectivity index (χ3v) is 2.95. The molecule has 2 aromatic rings. The standard InChI is InChI=1S/C11H7Cl2FN2O3/c1-19-7-3-2-5(4-6(7)12)16-10(17)8(14)9(13)15-11(16)18/h2-4H,1H3,(H,15,18). The Kier molecular flexibility index (Phi) is 3.64. The van der Waals surface area contributed by atoms with Crippen molar-refractivity contribution in [3.63, 3.8) is 0 Å². The molecule has 0 bridgehead atoms. The quantitative estimate of drug-likeness (QED) is 0.863. The smallest absolute Gasteiger partial charge is 0.334 e. The number of aromatic nitrogens is 2. The molecule has 0 spiro atoms. The van der Waals surface area contributed by atoms with Gasteiger partial charge in [-0.15, -0.1) is 0 Å². The molecule has 1 N–H and O–H groups in total. The predicted octanol–water partition coefficient (Wildman–Crippen LogP) is 1.98. The minimum absolute atomic E-state index is 0.104. The highest BCUT2D eigenvalue weighted by atomic mass is 35.5.